The third kappa shape index (κ3) is 3.61. The van der Waals surface area contributed by atoms with Gasteiger partial charge in [0.05, 0.1) is 36.0 Å². The molecule has 0 bridgehead atoms. The zero-order valence-electron chi connectivity index (χ0n) is 13.9. The number of methoxy groups -OCH3 is 2. The van der Waals surface area contributed by atoms with E-state index < -0.39 is 0 Å². The Balaban J connectivity index is 2.07. The largest absolute Gasteiger partial charge is 0.497 e. The van der Waals surface area contributed by atoms with Crippen LogP contribution in [0.1, 0.15) is 13.0 Å². The van der Waals surface area contributed by atoms with Crippen LogP contribution in [0.25, 0.3) is 10.6 Å². The molecule has 2 aromatic heterocycles. The smallest absolute Gasteiger partial charge is 0.190 e. The zero-order chi connectivity index (χ0) is 16.9. The Morgan fingerprint density at radius 1 is 1.12 bits per heavy atom. The fraction of sp³-hybridized carbons (Fsp3) is 0.278. The summed E-state index contributed by atoms with van der Waals surface area (Å²) in [7, 11) is 3.40. The molecule has 0 N–H and O–H groups in total. The van der Waals surface area contributed by atoms with E-state index in [-0.39, 0.29) is 6.04 Å². The van der Waals surface area contributed by atoms with Crippen molar-refractivity contribution >= 4 is 28.4 Å². The molecule has 6 heteroatoms. The SMILES string of the molecule is COCC(C)n1c(-c2cccs2)csc1=Nc1ccc(OC)cc1. The number of ether oxygens (including phenoxy) is 2. The molecule has 0 saturated carbocycles. The molecule has 24 heavy (non-hydrogen) atoms. The maximum absolute atomic E-state index is 5.36. The molecule has 0 aliphatic heterocycles. The highest BCUT2D eigenvalue weighted by molar-refractivity contribution is 7.14. The topological polar surface area (TPSA) is 35.8 Å². The van der Waals surface area contributed by atoms with Crippen LogP contribution in [0.2, 0.25) is 0 Å². The molecule has 1 unspecified atom stereocenters. The van der Waals surface area contributed by atoms with Gasteiger partial charge in [-0.15, -0.1) is 22.7 Å². The van der Waals surface area contributed by atoms with Crippen molar-refractivity contribution in [3.8, 4) is 16.3 Å². The summed E-state index contributed by atoms with van der Waals surface area (Å²) in [4.78, 5) is 7.03. The van der Waals surface area contributed by atoms with Crippen LogP contribution in [0.4, 0.5) is 5.69 Å². The standard InChI is InChI=1S/C18H20N2O2S2/c1-13(11-21-2)20-16(17-5-4-10-23-17)12-24-18(20)19-14-6-8-15(22-3)9-7-14/h4-10,12-13H,11H2,1-3H3. The van der Waals surface area contributed by atoms with Gasteiger partial charge in [-0.2, -0.15) is 0 Å². The molecule has 4 nitrogen and oxygen atoms in total. The third-order valence-corrected chi connectivity index (χ3v) is 5.39. The summed E-state index contributed by atoms with van der Waals surface area (Å²) in [6.45, 7) is 2.80. The summed E-state index contributed by atoms with van der Waals surface area (Å²) in [5, 5.41) is 4.26. The minimum Gasteiger partial charge on any atom is -0.497 e. The molecule has 0 radical (unpaired) electrons. The van der Waals surface area contributed by atoms with Crippen LogP contribution >= 0.6 is 22.7 Å². The third-order valence-electron chi connectivity index (χ3n) is 3.66. The molecule has 3 rings (SSSR count). The van der Waals surface area contributed by atoms with Crippen molar-refractivity contribution in [2.75, 3.05) is 20.8 Å². The van der Waals surface area contributed by atoms with Crippen molar-refractivity contribution in [3.05, 3.63) is 52.0 Å². The predicted molar refractivity (Wildman–Crippen MR) is 100 cm³/mol. The molecule has 0 aliphatic carbocycles. The van der Waals surface area contributed by atoms with E-state index in [1.54, 1.807) is 36.9 Å². The summed E-state index contributed by atoms with van der Waals surface area (Å²) in [6.07, 6.45) is 0. The first-order chi connectivity index (χ1) is 11.7. The molecule has 0 aliphatic rings. The highest BCUT2D eigenvalue weighted by Gasteiger charge is 2.14. The van der Waals surface area contributed by atoms with E-state index in [2.05, 4.69) is 34.4 Å². The van der Waals surface area contributed by atoms with Gasteiger partial charge in [0.1, 0.15) is 5.75 Å². The molecule has 1 aromatic carbocycles. The predicted octanol–water partition coefficient (Wildman–Crippen LogP) is 4.73. The van der Waals surface area contributed by atoms with E-state index >= 15 is 0 Å². The Morgan fingerprint density at radius 2 is 1.92 bits per heavy atom. The number of benzene rings is 1. The quantitative estimate of drug-likeness (QED) is 0.637. The van der Waals surface area contributed by atoms with Crippen LogP contribution in [-0.2, 0) is 4.74 Å². The maximum atomic E-state index is 5.36. The number of aromatic nitrogens is 1. The molecule has 0 amide bonds. The van der Waals surface area contributed by atoms with Crippen molar-refractivity contribution in [1.82, 2.24) is 4.57 Å². The average molecular weight is 361 g/mol. The number of hydrogen-bond acceptors (Lipinski definition) is 5. The normalized spacial score (nSPS) is 13.2. The van der Waals surface area contributed by atoms with E-state index in [4.69, 9.17) is 14.5 Å². The molecule has 3 aromatic rings. The van der Waals surface area contributed by atoms with Crippen LogP contribution in [0, 0.1) is 0 Å². The summed E-state index contributed by atoms with van der Waals surface area (Å²) < 4.78 is 12.8. The molecular formula is C18H20N2O2S2. The molecule has 0 saturated heterocycles. The van der Waals surface area contributed by atoms with Crippen molar-refractivity contribution in [3.63, 3.8) is 0 Å². The number of thiophene rings is 1. The fourth-order valence-corrected chi connectivity index (χ4v) is 4.34. The molecule has 126 valence electrons. The van der Waals surface area contributed by atoms with Gasteiger partial charge < -0.3 is 14.0 Å². The lowest BCUT2D eigenvalue weighted by atomic mass is 10.3. The van der Waals surface area contributed by atoms with Crippen molar-refractivity contribution in [1.29, 1.82) is 0 Å². The van der Waals surface area contributed by atoms with Crippen LogP contribution in [0.15, 0.2) is 52.2 Å². The van der Waals surface area contributed by atoms with Gasteiger partial charge in [0.25, 0.3) is 0 Å². The minimum absolute atomic E-state index is 0.204. The second-order valence-electron chi connectivity index (χ2n) is 5.37. The minimum atomic E-state index is 0.204. The lowest BCUT2D eigenvalue weighted by Gasteiger charge is -2.15. The van der Waals surface area contributed by atoms with Gasteiger partial charge in [-0.1, -0.05) is 6.07 Å². The number of hydrogen-bond donors (Lipinski definition) is 0. The van der Waals surface area contributed by atoms with E-state index in [0.717, 1.165) is 16.2 Å². The first-order valence-corrected chi connectivity index (χ1v) is 9.40. The molecule has 1 atom stereocenters. The monoisotopic (exact) mass is 360 g/mol. The van der Waals surface area contributed by atoms with Crippen molar-refractivity contribution in [2.24, 2.45) is 4.99 Å². The van der Waals surface area contributed by atoms with Gasteiger partial charge in [-0.25, -0.2) is 4.99 Å². The highest BCUT2D eigenvalue weighted by atomic mass is 32.1. The van der Waals surface area contributed by atoms with E-state index in [9.17, 15) is 0 Å². The lowest BCUT2D eigenvalue weighted by molar-refractivity contribution is 0.162. The first-order valence-electron chi connectivity index (χ1n) is 7.64. The van der Waals surface area contributed by atoms with E-state index in [0.29, 0.717) is 6.61 Å². The van der Waals surface area contributed by atoms with Gasteiger partial charge in [-0.3, -0.25) is 0 Å². The van der Waals surface area contributed by atoms with Gasteiger partial charge >= 0.3 is 0 Å². The lowest BCUT2D eigenvalue weighted by Crippen LogP contribution is -2.22. The molecule has 0 fully saturated rings. The Morgan fingerprint density at radius 3 is 2.54 bits per heavy atom. The van der Waals surface area contributed by atoms with Gasteiger partial charge in [0, 0.05) is 12.5 Å². The Labute approximate surface area is 149 Å². The van der Waals surface area contributed by atoms with Crippen LogP contribution in [-0.4, -0.2) is 25.4 Å². The number of thiazole rings is 1. The van der Waals surface area contributed by atoms with Crippen LogP contribution in [0.5, 0.6) is 5.75 Å². The first kappa shape index (κ1) is 17.0. The zero-order valence-corrected chi connectivity index (χ0v) is 15.6. The molecular weight excluding hydrogens is 340 g/mol. The highest BCUT2D eigenvalue weighted by Crippen LogP contribution is 2.28. The van der Waals surface area contributed by atoms with Crippen LogP contribution < -0.4 is 9.54 Å². The fourth-order valence-electron chi connectivity index (χ4n) is 2.52. The van der Waals surface area contributed by atoms with E-state index in [1.165, 1.54) is 10.6 Å². The second-order valence-corrected chi connectivity index (χ2v) is 7.15. The van der Waals surface area contributed by atoms with Crippen LogP contribution in [0.3, 0.4) is 0 Å². The summed E-state index contributed by atoms with van der Waals surface area (Å²) in [5.41, 5.74) is 2.10. The summed E-state index contributed by atoms with van der Waals surface area (Å²) in [5.74, 6) is 0.833. The van der Waals surface area contributed by atoms with Crippen molar-refractivity contribution < 1.29 is 9.47 Å². The summed E-state index contributed by atoms with van der Waals surface area (Å²) in [6, 6.07) is 12.2. The number of nitrogens with zero attached hydrogens (tertiary/aromatic N) is 2. The summed E-state index contributed by atoms with van der Waals surface area (Å²) >= 11 is 3.39. The average Bonchev–Trinajstić information content (AvgIpc) is 3.25. The van der Waals surface area contributed by atoms with Gasteiger partial charge in [-0.05, 0) is 42.6 Å². The Kier molecular flexibility index (Phi) is 5.50. The maximum Gasteiger partial charge on any atom is 0.190 e. The van der Waals surface area contributed by atoms with Crippen molar-refractivity contribution in [2.45, 2.75) is 13.0 Å². The van der Waals surface area contributed by atoms with E-state index in [1.807, 2.05) is 24.3 Å². The second kappa shape index (κ2) is 7.79. The Hall–Kier alpha value is -1.89. The Bertz CT molecular complexity index is 833. The number of rotatable bonds is 6. The molecule has 2 heterocycles. The molecule has 0 spiro atoms. The van der Waals surface area contributed by atoms with Gasteiger partial charge in [0.15, 0.2) is 4.80 Å². The van der Waals surface area contributed by atoms with Gasteiger partial charge in [0.2, 0.25) is 0 Å².